The predicted molar refractivity (Wildman–Crippen MR) is 82.9 cm³/mol. The van der Waals surface area contributed by atoms with Crippen LogP contribution in [0, 0.1) is 0 Å². The molecule has 0 atom stereocenters. The van der Waals surface area contributed by atoms with Crippen molar-refractivity contribution >= 4 is 48.9 Å². The molecule has 0 fully saturated rings. The van der Waals surface area contributed by atoms with Crippen LogP contribution in [0.2, 0.25) is 0 Å². The molecule has 2 heterocycles. The average Bonchev–Trinajstić information content (AvgIpc) is 2.95. The van der Waals surface area contributed by atoms with E-state index in [2.05, 4.69) is 42.0 Å². The molecule has 2 N–H and O–H groups in total. The monoisotopic (exact) mass is 399 g/mol. The summed E-state index contributed by atoms with van der Waals surface area (Å²) in [7, 11) is 0. The van der Waals surface area contributed by atoms with E-state index in [0.717, 1.165) is 19.4 Å². The molecule has 0 spiro atoms. The third-order valence-corrected chi connectivity index (χ3v) is 4.53. The number of hydrogen-bond donors (Lipinski definition) is 1. The molecule has 3 aromatic rings. The van der Waals surface area contributed by atoms with E-state index < -0.39 is 0 Å². The quantitative estimate of drug-likeness (QED) is 0.639. The van der Waals surface area contributed by atoms with Crippen molar-refractivity contribution in [2.45, 2.75) is 0 Å². The third kappa shape index (κ3) is 2.72. The number of thiophene rings is 1. The van der Waals surface area contributed by atoms with Crippen LogP contribution >= 0.6 is 43.2 Å². The second-order valence-corrected chi connectivity index (χ2v) is 6.57. The first-order valence-corrected chi connectivity index (χ1v) is 7.73. The van der Waals surface area contributed by atoms with Crippen LogP contribution in [-0.2, 0) is 0 Å². The van der Waals surface area contributed by atoms with Crippen molar-refractivity contribution in [1.82, 2.24) is 10.1 Å². The van der Waals surface area contributed by atoms with Crippen molar-refractivity contribution in [3.8, 4) is 22.2 Å². The standard InChI is InChI=1S/C12H7Br2N3OS/c13-7-1-6(2-9(15)3-7)12-16-11(17-18-12)10-4-8(14)5-19-10/h1-5H,15H2. The fraction of sp³-hybridized carbons (Fsp3) is 0. The summed E-state index contributed by atoms with van der Waals surface area (Å²) >= 11 is 8.34. The topological polar surface area (TPSA) is 64.9 Å². The van der Waals surface area contributed by atoms with Crippen LogP contribution in [-0.4, -0.2) is 10.1 Å². The second kappa shape index (κ2) is 5.07. The fourth-order valence-electron chi connectivity index (χ4n) is 1.61. The van der Waals surface area contributed by atoms with Gasteiger partial charge in [-0.2, -0.15) is 4.98 Å². The van der Waals surface area contributed by atoms with Gasteiger partial charge < -0.3 is 10.3 Å². The van der Waals surface area contributed by atoms with Crippen LogP contribution < -0.4 is 5.73 Å². The summed E-state index contributed by atoms with van der Waals surface area (Å²) in [4.78, 5) is 5.33. The van der Waals surface area contributed by atoms with Gasteiger partial charge in [0.15, 0.2) is 0 Å². The highest BCUT2D eigenvalue weighted by Gasteiger charge is 2.13. The second-order valence-electron chi connectivity index (χ2n) is 3.83. The van der Waals surface area contributed by atoms with Crippen molar-refractivity contribution in [3.05, 3.63) is 38.6 Å². The summed E-state index contributed by atoms with van der Waals surface area (Å²) in [5.74, 6) is 1.02. The van der Waals surface area contributed by atoms with Crippen LogP contribution in [0.4, 0.5) is 5.69 Å². The van der Waals surface area contributed by atoms with E-state index in [9.17, 15) is 0 Å². The molecular formula is C12H7Br2N3OS. The molecule has 0 amide bonds. The number of hydrogen-bond acceptors (Lipinski definition) is 5. The van der Waals surface area contributed by atoms with Gasteiger partial charge in [-0.25, -0.2) is 0 Å². The lowest BCUT2D eigenvalue weighted by Gasteiger charge is -1.98. The van der Waals surface area contributed by atoms with Crippen molar-refractivity contribution in [2.24, 2.45) is 0 Å². The highest BCUT2D eigenvalue weighted by atomic mass is 79.9. The lowest BCUT2D eigenvalue weighted by Crippen LogP contribution is -1.86. The van der Waals surface area contributed by atoms with E-state index in [0.29, 0.717) is 17.4 Å². The number of aromatic nitrogens is 2. The number of halogens is 2. The number of nitrogens with two attached hydrogens (primary N) is 1. The highest BCUT2D eigenvalue weighted by molar-refractivity contribution is 9.10. The van der Waals surface area contributed by atoms with Gasteiger partial charge in [-0.15, -0.1) is 11.3 Å². The maximum Gasteiger partial charge on any atom is 0.258 e. The van der Waals surface area contributed by atoms with Crippen LogP contribution in [0.15, 0.2) is 43.1 Å². The SMILES string of the molecule is Nc1cc(Br)cc(-c2nc(-c3cc(Br)cs3)no2)c1. The Balaban J connectivity index is 2.01. The molecule has 1 aromatic carbocycles. The van der Waals surface area contributed by atoms with Gasteiger partial charge in [-0.05, 0) is 40.2 Å². The van der Waals surface area contributed by atoms with Gasteiger partial charge >= 0.3 is 0 Å². The molecule has 0 bridgehead atoms. The molecule has 4 nitrogen and oxygen atoms in total. The van der Waals surface area contributed by atoms with Crippen molar-refractivity contribution in [2.75, 3.05) is 5.73 Å². The minimum atomic E-state index is 0.451. The normalized spacial score (nSPS) is 10.8. The van der Waals surface area contributed by atoms with Crippen molar-refractivity contribution in [3.63, 3.8) is 0 Å². The van der Waals surface area contributed by atoms with Crippen LogP contribution in [0.3, 0.4) is 0 Å². The molecule has 0 saturated carbocycles. The number of rotatable bonds is 2. The summed E-state index contributed by atoms with van der Waals surface area (Å²) in [6.07, 6.45) is 0. The summed E-state index contributed by atoms with van der Waals surface area (Å²) in [5.41, 5.74) is 7.23. The number of benzene rings is 1. The molecule has 0 aliphatic heterocycles. The maximum absolute atomic E-state index is 5.79. The smallest absolute Gasteiger partial charge is 0.258 e. The zero-order valence-corrected chi connectivity index (χ0v) is 13.4. The molecular weight excluding hydrogens is 394 g/mol. The number of nitrogen functional groups attached to an aromatic ring is 1. The summed E-state index contributed by atoms with van der Waals surface area (Å²) in [6.45, 7) is 0. The Bertz CT molecular complexity index is 718. The van der Waals surface area contributed by atoms with Gasteiger partial charge in [0, 0.05) is 25.6 Å². The van der Waals surface area contributed by atoms with Crippen molar-refractivity contribution < 1.29 is 4.52 Å². The fourth-order valence-corrected chi connectivity index (χ4v) is 3.47. The number of nitrogens with zero attached hydrogens (tertiary/aromatic N) is 2. The van der Waals surface area contributed by atoms with E-state index in [1.807, 2.05) is 23.6 Å². The molecule has 96 valence electrons. The van der Waals surface area contributed by atoms with Crippen LogP contribution in [0.5, 0.6) is 0 Å². The van der Waals surface area contributed by atoms with Gasteiger partial charge in [0.05, 0.1) is 4.88 Å². The Morgan fingerprint density at radius 1 is 1.11 bits per heavy atom. The predicted octanol–water partition coefficient (Wildman–Crippen LogP) is 4.57. The van der Waals surface area contributed by atoms with Gasteiger partial charge in [-0.1, -0.05) is 21.1 Å². The van der Waals surface area contributed by atoms with Crippen LogP contribution in [0.1, 0.15) is 0 Å². The summed E-state index contributed by atoms with van der Waals surface area (Å²) < 4.78 is 7.16. The van der Waals surface area contributed by atoms with E-state index in [-0.39, 0.29) is 0 Å². The van der Waals surface area contributed by atoms with E-state index >= 15 is 0 Å². The van der Waals surface area contributed by atoms with E-state index in [1.54, 1.807) is 17.4 Å². The number of anilines is 1. The molecule has 7 heteroatoms. The third-order valence-electron chi connectivity index (χ3n) is 2.38. The molecule has 3 rings (SSSR count). The van der Waals surface area contributed by atoms with Gasteiger partial charge in [-0.3, -0.25) is 0 Å². The summed E-state index contributed by atoms with van der Waals surface area (Å²) in [6, 6.07) is 7.45. The molecule has 0 unspecified atom stereocenters. The first-order valence-electron chi connectivity index (χ1n) is 5.26. The largest absolute Gasteiger partial charge is 0.399 e. The maximum atomic E-state index is 5.79. The van der Waals surface area contributed by atoms with Gasteiger partial charge in [0.2, 0.25) is 5.82 Å². The minimum Gasteiger partial charge on any atom is -0.399 e. The first-order chi connectivity index (χ1) is 9.11. The molecule has 0 aliphatic rings. The van der Waals surface area contributed by atoms with E-state index in [1.165, 1.54) is 0 Å². The minimum absolute atomic E-state index is 0.451. The molecule has 2 aromatic heterocycles. The lowest BCUT2D eigenvalue weighted by molar-refractivity contribution is 0.432. The Morgan fingerprint density at radius 3 is 2.63 bits per heavy atom. The Morgan fingerprint density at radius 2 is 1.95 bits per heavy atom. The summed E-state index contributed by atoms with van der Waals surface area (Å²) in [5, 5.41) is 5.96. The Kier molecular flexibility index (Phi) is 3.42. The zero-order chi connectivity index (χ0) is 13.4. The van der Waals surface area contributed by atoms with Gasteiger partial charge in [0.1, 0.15) is 0 Å². The molecule has 0 radical (unpaired) electrons. The Hall–Kier alpha value is -1.18. The lowest BCUT2D eigenvalue weighted by atomic mass is 10.2. The molecule has 0 aliphatic carbocycles. The average molecular weight is 401 g/mol. The molecule has 0 saturated heterocycles. The van der Waals surface area contributed by atoms with E-state index in [4.69, 9.17) is 10.3 Å². The molecule has 19 heavy (non-hydrogen) atoms. The highest BCUT2D eigenvalue weighted by Crippen LogP contribution is 2.30. The first kappa shape index (κ1) is 12.8. The van der Waals surface area contributed by atoms with Crippen LogP contribution in [0.25, 0.3) is 22.2 Å². The van der Waals surface area contributed by atoms with Crippen molar-refractivity contribution in [1.29, 1.82) is 0 Å². The van der Waals surface area contributed by atoms with Gasteiger partial charge in [0.25, 0.3) is 5.89 Å². The Labute approximate surface area is 129 Å². The zero-order valence-electron chi connectivity index (χ0n) is 9.43.